The fourth-order valence-corrected chi connectivity index (χ4v) is 2.67. The van der Waals surface area contributed by atoms with Crippen LogP contribution in [0.3, 0.4) is 0 Å². The van der Waals surface area contributed by atoms with Crippen LogP contribution < -0.4 is 0 Å². The van der Waals surface area contributed by atoms with Crippen molar-refractivity contribution in [1.82, 2.24) is 0 Å². The monoisotopic (exact) mass is 272 g/mol. The van der Waals surface area contributed by atoms with E-state index in [1.165, 1.54) is 23.1 Å². The van der Waals surface area contributed by atoms with E-state index < -0.39 is 0 Å². The van der Waals surface area contributed by atoms with Gasteiger partial charge in [-0.3, -0.25) is 0 Å². The largest absolute Gasteiger partial charge is 0.0834 e. The average molecular weight is 272 g/mol. The van der Waals surface area contributed by atoms with Crippen LogP contribution >= 0.6 is 0 Å². The minimum atomic E-state index is 0.360. The number of rotatable bonds is 0. The first-order chi connectivity index (χ1) is 9.08. The van der Waals surface area contributed by atoms with Crippen molar-refractivity contribution in [1.29, 1.82) is 0 Å². The summed E-state index contributed by atoms with van der Waals surface area (Å²) < 4.78 is 0. The van der Waals surface area contributed by atoms with Gasteiger partial charge in [0.1, 0.15) is 0 Å². The van der Waals surface area contributed by atoms with Gasteiger partial charge in [-0.2, -0.15) is 0 Å². The van der Waals surface area contributed by atoms with Gasteiger partial charge in [0, 0.05) is 0 Å². The maximum atomic E-state index is 2.30. The predicted octanol–water partition coefficient (Wildman–Crippen LogP) is 6.47. The van der Waals surface area contributed by atoms with Gasteiger partial charge in [0.15, 0.2) is 0 Å². The van der Waals surface area contributed by atoms with Gasteiger partial charge in [0.05, 0.1) is 0 Å². The Morgan fingerprint density at radius 1 is 1.05 bits per heavy atom. The van der Waals surface area contributed by atoms with Gasteiger partial charge < -0.3 is 0 Å². The molecule has 0 radical (unpaired) electrons. The first-order valence-corrected chi connectivity index (χ1v) is 7.78. The molecule has 0 heteroatoms. The summed E-state index contributed by atoms with van der Waals surface area (Å²) in [5.41, 5.74) is 5.23. The normalized spacial score (nSPS) is 26.8. The summed E-state index contributed by atoms with van der Waals surface area (Å²) in [5, 5.41) is 0. The third-order valence-electron chi connectivity index (χ3n) is 5.29. The Labute approximate surface area is 126 Å². The molecule has 0 nitrogen and oxygen atoms in total. The third kappa shape index (κ3) is 3.98. The molecule has 112 valence electrons. The Balaban J connectivity index is 0.000000200. The smallest absolute Gasteiger partial charge is 0.0107 e. The Hall–Kier alpha value is -1.04. The molecule has 2 aliphatic rings. The topological polar surface area (TPSA) is 0 Å². The van der Waals surface area contributed by atoms with E-state index in [9.17, 15) is 0 Å². The predicted molar refractivity (Wildman–Crippen MR) is 91.8 cm³/mol. The molecule has 0 amide bonds. The molecular formula is C20H32. The lowest BCUT2D eigenvalue weighted by Crippen LogP contribution is -2.21. The number of hydrogen-bond acceptors (Lipinski definition) is 0. The van der Waals surface area contributed by atoms with E-state index in [1.54, 1.807) is 0 Å². The molecule has 0 aliphatic heterocycles. The molecule has 20 heavy (non-hydrogen) atoms. The zero-order valence-electron chi connectivity index (χ0n) is 14.7. The molecule has 0 aromatic carbocycles. The van der Waals surface area contributed by atoms with Crippen LogP contribution in [0, 0.1) is 16.7 Å². The standard InChI is InChI=1S/2C10H16/c2*1-8-6-5-7-10(3,4)9(8)2/h5-6H,7H2,1-4H3;5-7,9H,1-4H3. The highest BCUT2D eigenvalue weighted by Gasteiger charge is 2.25. The van der Waals surface area contributed by atoms with E-state index in [-0.39, 0.29) is 0 Å². The Morgan fingerprint density at radius 2 is 1.65 bits per heavy atom. The van der Waals surface area contributed by atoms with Crippen molar-refractivity contribution in [2.75, 3.05) is 0 Å². The molecule has 0 saturated carbocycles. The highest BCUT2D eigenvalue weighted by atomic mass is 14.3. The molecule has 0 heterocycles. The van der Waals surface area contributed by atoms with Crippen molar-refractivity contribution < 1.29 is 0 Å². The van der Waals surface area contributed by atoms with Crippen molar-refractivity contribution in [3.05, 3.63) is 47.1 Å². The van der Waals surface area contributed by atoms with E-state index in [0.29, 0.717) is 16.7 Å². The van der Waals surface area contributed by atoms with Crippen LogP contribution in [0.25, 0.3) is 0 Å². The fraction of sp³-hybridized carbons (Fsp3) is 0.600. The zero-order valence-corrected chi connectivity index (χ0v) is 14.7. The third-order valence-corrected chi connectivity index (χ3v) is 5.29. The van der Waals surface area contributed by atoms with Crippen molar-refractivity contribution in [3.63, 3.8) is 0 Å². The maximum absolute atomic E-state index is 2.30. The Kier molecular flexibility index (Phi) is 5.24. The van der Waals surface area contributed by atoms with Crippen LogP contribution in [0.4, 0.5) is 0 Å². The van der Waals surface area contributed by atoms with Gasteiger partial charge in [-0.1, -0.05) is 81.7 Å². The van der Waals surface area contributed by atoms with Crippen LogP contribution in [0.15, 0.2) is 47.1 Å². The second kappa shape index (κ2) is 6.16. The summed E-state index contributed by atoms with van der Waals surface area (Å²) in [7, 11) is 0. The van der Waals surface area contributed by atoms with Gasteiger partial charge in [-0.15, -0.1) is 0 Å². The SMILES string of the molecule is CC1=C(C)C(C)(C)CC=C1.CC1=CC=CC(C)(C)C1C. The first kappa shape index (κ1) is 17.0. The van der Waals surface area contributed by atoms with Crippen molar-refractivity contribution in [2.24, 2.45) is 16.7 Å². The molecule has 0 fully saturated rings. The van der Waals surface area contributed by atoms with Gasteiger partial charge >= 0.3 is 0 Å². The van der Waals surface area contributed by atoms with E-state index in [4.69, 9.17) is 0 Å². The lowest BCUT2D eigenvalue weighted by molar-refractivity contribution is 0.347. The van der Waals surface area contributed by atoms with Crippen molar-refractivity contribution in [2.45, 2.75) is 61.8 Å². The molecule has 0 bridgehead atoms. The molecule has 0 saturated heterocycles. The fourth-order valence-electron chi connectivity index (χ4n) is 2.67. The molecular weight excluding hydrogens is 240 g/mol. The molecule has 2 rings (SSSR count). The summed E-state index contributed by atoms with van der Waals surface area (Å²) >= 11 is 0. The second-order valence-corrected chi connectivity index (χ2v) is 7.61. The molecule has 1 unspecified atom stereocenters. The second-order valence-electron chi connectivity index (χ2n) is 7.61. The Morgan fingerprint density at radius 3 is 2.05 bits per heavy atom. The summed E-state index contributed by atoms with van der Waals surface area (Å²) in [5.74, 6) is 0.692. The molecule has 0 aromatic heterocycles. The average Bonchev–Trinajstić information content (AvgIpc) is 2.34. The number of hydrogen-bond donors (Lipinski definition) is 0. The summed E-state index contributed by atoms with van der Waals surface area (Å²) in [6.07, 6.45) is 12.3. The molecule has 0 spiro atoms. The van der Waals surface area contributed by atoms with Crippen LogP contribution in [0.5, 0.6) is 0 Å². The van der Waals surface area contributed by atoms with Crippen LogP contribution in [0.1, 0.15) is 61.8 Å². The van der Waals surface area contributed by atoms with Crippen LogP contribution in [-0.4, -0.2) is 0 Å². The van der Waals surface area contributed by atoms with Crippen molar-refractivity contribution in [3.8, 4) is 0 Å². The molecule has 0 N–H and O–H groups in total. The summed E-state index contributed by atoms with van der Waals surface area (Å²) in [6, 6.07) is 0. The maximum Gasteiger partial charge on any atom is -0.0107 e. The minimum absolute atomic E-state index is 0.360. The van der Waals surface area contributed by atoms with E-state index in [2.05, 4.69) is 85.8 Å². The van der Waals surface area contributed by atoms with Crippen LogP contribution in [0.2, 0.25) is 0 Å². The highest BCUT2D eigenvalue weighted by Crippen LogP contribution is 2.36. The Bertz CT molecular complexity index is 464. The summed E-state index contributed by atoms with van der Waals surface area (Å²) in [6.45, 7) is 18.1. The molecule has 0 aromatic rings. The van der Waals surface area contributed by atoms with Gasteiger partial charge in [-0.25, -0.2) is 0 Å². The van der Waals surface area contributed by atoms with E-state index >= 15 is 0 Å². The molecule has 2 aliphatic carbocycles. The van der Waals surface area contributed by atoms with Crippen molar-refractivity contribution >= 4 is 0 Å². The lowest BCUT2D eigenvalue weighted by atomic mass is 9.73. The van der Waals surface area contributed by atoms with Crippen LogP contribution in [-0.2, 0) is 0 Å². The number of allylic oxidation sites excluding steroid dienone is 8. The quantitative estimate of drug-likeness (QED) is 0.474. The first-order valence-electron chi connectivity index (χ1n) is 7.78. The van der Waals surface area contributed by atoms with Gasteiger partial charge in [0.2, 0.25) is 0 Å². The van der Waals surface area contributed by atoms with E-state index in [0.717, 1.165) is 0 Å². The lowest BCUT2D eigenvalue weighted by Gasteiger charge is -2.31. The van der Waals surface area contributed by atoms with Gasteiger partial charge in [0.25, 0.3) is 0 Å². The highest BCUT2D eigenvalue weighted by molar-refractivity contribution is 5.31. The van der Waals surface area contributed by atoms with E-state index in [1.807, 2.05) is 0 Å². The zero-order chi connectivity index (χ0) is 15.6. The minimum Gasteiger partial charge on any atom is -0.0834 e. The van der Waals surface area contributed by atoms with Gasteiger partial charge in [-0.05, 0) is 43.9 Å². The summed E-state index contributed by atoms with van der Waals surface area (Å²) in [4.78, 5) is 0. The molecule has 1 atom stereocenters.